The molecular formula is C18H13Cl2FN2O2. The van der Waals surface area contributed by atoms with Gasteiger partial charge in [0.1, 0.15) is 11.7 Å². The Bertz CT molecular complexity index is 848. The van der Waals surface area contributed by atoms with Gasteiger partial charge in [0.15, 0.2) is 0 Å². The predicted molar refractivity (Wildman–Crippen MR) is 95.1 cm³/mol. The highest BCUT2D eigenvalue weighted by molar-refractivity contribution is 6.33. The summed E-state index contributed by atoms with van der Waals surface area (Å²) in [6.07, 6.45) is -1.12. The van der Waals surface area contributed by atoms with E-state index in [4.69, 9.17) is 23.2 Å². The average molecular weight is 379 g/mol. The molecule has 1 aliphatic carbocycles. The summed E-state index contributed by atoms with van der Waals surface area (Å²) in [6, 6.07) is 12.5. The van der Waals surface area contributed by atoms with Crippen LogP contribution in [-0.4, -0.2) is 23.6 Å². The number of carbonyl (C=O) groups is 2. The molecule has 1 saturated carbocycles. The molecule has 3 amide bonds. The van der Waals surface area contributed by atoms with Crippen molar-refractivity contribution in [3.63, 3.8) is 0 Å². The van der Waals surface area contributed by atoms with E-state index in [1.165, 1.54) is 4.90 Å². The molecular weight excluding hydrogens is 366 g/mol. The molecule has 0 unspecified atom stereocenters. The van der Waals surface area contributed by atoms with Gasteiger partial charge < -0.3 is 0 Å². The fourth-order valence-electron chi connectivity index (χ4n) is 3.47. The first-order valence-electron chi connectivity index (χ1n) is 7.76. The maximum Gasteiger partial charge on any atom is 0.336 e. The van der Waals surface area contributed by atoms with Crippen molar-refractivity contribution in [2.75, 3.05) is 9.80 Å². The molecule has 1 spiro atoms. The van der Waals surface area contributed by atoms with Crippen LogP contribution in [0.15, 0.2) is 48.5 Å². The second-order valence-electron chi connectivity index (χ2n) is 6.25. The van der Waals surface area contributed by atoms with Crippen LogP contribution in [0.2, 0.25) is 10.0 Å². The standard InChI is InChI=1S/C18H13Cl2FN2O2/c19-11-1-5-14(6-2-11)22-16(24)18(9-13(21)10-18)23(17(22)25)15-7-3-12(20)4-8-15/h1-8,13H,9-10H2. The number of alkyl halides is 1. The highest BCUT2D eigenvalue weighted by Gasteiger charge is 2.64. The second kappa shape index (κ2) is 5.71. The zero-order valence-electron chi connectivity index (χ0n) is 13.0. The van der Waals surface area contributed by atoms with Crippen molar-refractivity contribution in [1.29, 1.82) is 0 Å². The Kier molecular flexibility index (Phi) is 3.74. The Morgan fingerprint density at radius 2 is 1.36 bits per heavy atom. The summed E-state index contributed by atoms with van der Waals surface area (Å²) in [5.41, 5.74) is -0.243. The number of urea groups is 1. The third kappa shape index (κ3) is 2.41. The Labute approximate surface area is 153 Å². The summed E-state index contributed by atoms with van der Waals surface area (Å²) < 4.78 is 13.7. The van der Waals surface area contributed by atoms with Crippen LogP contribution in [-0.2, 0) is 4.79 Å². The maximum absolute atomic E-state index is 13.7. The number of hydrogen-bond donors (Lipinski definition) is 0. The van der Waals surface area contributed by atoms with Crippen LogP contribution in [0.4, 0.5) is 20.6 Å². The van der Waals surface area contributed by atoms with Crippen molar-refractivity contribution in [2.45, 2.75) is 24.6 Å². The molecule has 128 valence electrons. The van der Waals surface area contributed by atoms with Gasteiger partial charge in [0.2, 0.25) is 0 Å². The number of benzene rings is 2. The van der Waals surface area contributed by atoms with Crippen LogP contribution in [0.25, 0.3) is 0 Å². The van der Waals surface area contributed by atoms with E-state index in [1.54, 1.807) is 48.5 Å². The van der Waals surface area contributed by atoms with Crippen LogP contribution in [0.1, 0.15) is 12.8 Å². The van der Waals surface area contributed by atoms with Crippen LogP contribution in [0.3, 0.4) is 0 Å². The monoisotopic (exact) mass is 378 g/mol. The van der Waals surface area contributed by atoms with Gasteiger partial charge in [-0.1, -0.05) is 23.2 Å². The molecule has 0 N–H and O–H groups in total. The van der Waals surface area contributed by atoms with Crippen molar-refractivity contribution in [3.8, 4) is 0 Å². The Hall–Kier alpha value is -2.11. The summed E-state index contributed by atoms with van der Waals surface area (Å²) in [4.78, 5) is 28.6. The fraction of sp³-hybridized carbons (Fsp3) is 0.222. The van der Waals surface area contributed by atoms with E-state index >= 15 is 0 Å². The van der Waals surface area contributed by atoms with Crippen molar-refractivity contribution in [1.82, 2.24) is 0 Å². The molecule has 4 rings (SSSR count). The number of imide groups is 1. The average Bonchev–Trinajstić information content (AvgIpc) is 2.78. The van der Waals surface area contributed by atoms with E-state index in [-0.39, 0.29) is 12.8 Å². The van der Waals surface area contributed by atoms with Gasteiger partial charge in [-0.3, -0.25) is 9.69 Å². The molecule has 0 radical (unpaired) electrons. The molecule has 2 aromatic rings. The molecule has 2 fully saturated rings. The SMILES string of the molecule is O=C1N(c2ccc(Cl)cc2)C(=O)C2(CC(F)C2)N1c1ccc(Cl)cc1. The molecule has 7 heteroatoms. The molecule has 4 nitrogen and oxygen atoms in total. The minimum atomic E-state index is -1.18. The van der Waals surface area contributed by atoms with E-state index in [1.807, 2.05) is 0 Å². The van der Waals surface area contributed by atoms with E-state index < -0.39 is 23.6 Å². The highest BCUT2D eigenvalue weighted by Crippen LogP contribution is 2.48. The molecule has 25 heavy (non-hydrogen) atoms. The quantitative estimate of drug-likeness (QED) is 0.701. The zero-order chi connectivity index (χ0) is 17.8. The lowest BCUT2D eigenvalue weighted by Gasteiger charge is -2.44. The molecule has 1 saturated heterocycles. The number of nitrogens with zero attached hydrogens (tertiary/aromatic N) is 2. The lowest BCUT2D eigenvalue weighted by atomic mass is 9.73. The van der Waals surface area contributed by atoms with E-state index in [2.05, 4.69) is 0 Å². The number of rotatable bonds is 2. The molecule has 2 aliphatic rings. The number of hydrogen-bond acceptors (Lipinski definition) is 2. The summed E-state index contributed by atoms with van der Waals surface area (Å²) >= 11 is 11.8. The molecule has 1 aliphatic heterocycles. The van der Waals surface area contributed by atoms with Gasteiger partial charge in [-0.15, -0.1) is 0 Å². The van der Waals surface area contributed by atoms with Gasteiger partial charge in [0.05, 0.1) is 5.69 Å². The first kappa shape index (κ1) is 16.4. The summed E-state index contributed by atoms with van der Waals surface area (Å²) in [5.74, 6) is -0.413. The number of anilines is 2. The molecule has 0 aromatic heterocycles. The lowest BCUT2D eigenvalue weighted by Crippen LogP contribution is -2.60. The normalized spacial score (nSPS) is 25.6. The molecule has 1 heterocycles. The van der Waals surface area contributed by atoms with Crippen molar-refractivity contribution >= 4 is 46.5 Å². The zero-order valence-corrected chi connectivity index (χ0v) is 14.5. The Balaban J connectivity index is 1.80. The maximum atomic E-state index is 13.7. The topological polar surface area (TPSA) is 40.6 Å². The van der Waals surface area contributed by atoms with E-state index in [0.29, 0.717) is 21.4 Å². The van der Waals surface area contributed by atoms with Gasteiger partial charge in [0, 0.05) is 28.6 Å². The molecule has 0 bridgehead atoms. The minimum absolute atomic E-state index is 0.00963. The third-order valence-corrected chi connectivity index (χ3v) is 5.20. The van der Waals surface area contributed by atoms with Crippen LogP contribution < -0.4 is 9.80 Å². The smallest absolute Gasteiger partial charge is 0.278 e. The summed E-state index contributed by atoms with van der Waals surface area (Å²) in [5, 5.41) is 1.02. The number of carbonyl (C=O) groups excluding carboxylic acids is 2. The second-order valence-corrected chi connectivity index (χ2v) is 7.12. The predicted octanol–water partition coefficient (Wildman–Crippen LogP) is 4.84. The van der Waals surface area contributed by atoms with Crippen LogP contribution >= 0.6 is 23.2 Å². The fourth-order valence-corrected chi connectivity index (χ4v) is 3.72. The largest absolute Gasteiger partial charge is 0.336 e. The van der Waals surface area contributed by atoms with Gasteiger partial charge in [0.25, 0.3) is 5.91 Å². The number of halogens is 3. The van der Waals surface area contributed by atoms with Crippen LogP contribution in [0.5, 0.6) is 0 Å². The first-order chi connectivity index (χ1) is 11.9. The third-order valence-electron chi connectivity index (χ3n) is 4.70. The minimum Gasteiger partial charge on any atom is -0.278 e. The Morgan fingerprint density at radius 3 is 1.84 bits per heavy atom. The van der Waals surface area contributed by atoms with Crippen molar-refractivity contribution in [2.24, 2.45) is 0 Å². The van der Waals surface area contributed by atoms with Crippen molar-refractivity contribution < 1.29 is 14.0 Å². The first-order valence-corrected chi connectivity index (χ1v) is 8.52. The highest BCUT2D eigenvalue weighted by atomic mass is 35.5. The van der Waals surface area contributed by atoms with Gasteiger partial charge in [-0.05, 0) is 48.5 Å². The summed E-state index contributed by atoms with van der Waals surface area (Å²) in [7, 11) is 0. The van der Waals surface area contributed by atoms with E-state index in [9.17, 15) is 14.0 Å². The lowest BCUT2D eigenvalue weighted by molar-refractivity contribution is -0.126. The van der Waals surface area contributed by atoms with Crippen molar-refractivity contribution in [3.05, 3.63) is 58.6 Å². The van der Waals surface area contributed by atoms with Gasteiger partial charge in [-0.25, -0.2) is 14.1 Å². The van der Waals surface area contributed by atoms with Crippen LogP contribution in [0, 0.1) is 0 Å². The number of amides is 3. The molecule has 0 atom stereocenters. The Morgan fingerprint density at radius 1 is 0.880 bits per heavy atom. The van der Waals surface area contributed by atoms with Gasteiger partial charge in [-0.2, -0.15) is 0 Å². The summed E-state index contributed by atoms with van der Waals surface area (Å²) in [6.45, 7) is 0. The molecule has 2 aromatic carbocycles. The van der Waals surface area contributed by atoms with E-state index in [0.717, 1.165) is 4.90 Å². The van der Waals surface area contributed by atoms with Gasteiger partial charge >= 0.3 is 6.03 Å².